The van der Waals surface area contributed by atoms with E-state index in [1.165, 1.54) is 0 Å². The topological polar surface area (TPSA) is 66.8 Å². The fourth-order valence-electron chi connectivity index (χ4n) is 0.765. The van der Waals surface area contributed by atoms with Crippen molar-refractivity contribution in [3.63, 3.8) is 0 Å². The van der Waals surface area contributed by atoms with E-state index >= 15 is 0 Å². The molecule has 0 aliphatic rings. The van der Waals surface area contributed by atoms with E-state index in [0.29, 0.717) is 0 Å². The molecular weight excluding hydrogens is 545 g/mol. The maximum Gasteiger partial charge on any atom is 0.472 e. The zero-order valence-electron chi connectivity index (χ0n) is 8.82. The number of halogens is 11. The van der Waals surface area contributed by atoms with Gasteiger partial charge in [-0.2, -0.15) is 0 Å². The van der Waals surface area contributed by atoms with Crippen LogP contribution in [-0.4, -0.2) is 31.1 Å². The Morgan fingerprint density at radius 1 is 0.667 bits per heavy atom. The number of hydrogen-bond donors (Lipinski definition) is 2. The molecule has 0 bridgehead atoms. The van der Waals surface area contributed by atoms with Gasteiger partial charge >= 0.3 is 7.82 Å². The first-order chi connectivity index (χ1) is 8.71. The minimum Gasteiger partial charge on any atom is -0.303 e. The second-order valence-corrected chi connectivity index (χ2v) is 12.0. The molecule has 0 atom stereocenters. The Kier molecular flexibility index (Phi) is 8.26. The zero-order valence-corrected chi connectivity index (χ0v) is 18.0. The summed E-state index contributed by atoms with van der Waals surface area (Å²) in [6.07, 6.45) is 0. The van der Waals surface area contributed by atoms with E-state index in [4.69, 9.17) is 137 Å². The molecule has 0 aliphatic carbocycles. The number of rotatable bonds is 5. The Bertz CT molecular complexity index is 436. The van der Waals surface area contributed by atoms with E-state index in [9.17, 15) is 4.57 Å². The smallest absolute Gasteiger partial charge is 0.303 e. The van der Waals surface area contributed by atoms with Crippen molar-refractivity contribution in [3.05, 3.63) is 0 Å². The highest BCUT2D eigenvalue weighted by Crippen LogP contribution is 2.67. The molecule has 0 aromatic heterocycles. The minimum atomic E-state index is -5.28. The van der Waals surface area contributed by atoms with Crippen LogP contribution in [0.5, 0.6) is 0 Å². The molecule has 0 unspecified atom stereocenters. The summed E-state index contributed by atoms with van der Waals surface area (Å²) in [5.74, 6) is 0. The van der Waals surface area contributed by atoms with Crippen molar-refractivity contribution in [1.29, 1.82) is 0 Å². The van der Waals surface area contributed by atoms with Gasteiger partial charge in [0.15, 0.2) is 4.33 Å². The van der Waals surface area contributed by atoms with Crippen molar-refractivity contribution in [1.82, 2.24) is 0 Å². The quantitative estimate of drug-likeness (QED) is 0.322. The highest BCUT2D eigenvalue weighted by Gasteiger charge is 2.74. The summed E-state index contributed by atoms with van der Waals surface area (Å²) in [6.45, 7) is 0. The molecule has 16 heteroatoms. The van der Waals surface area contributed by atoms with E-state index in [1.807, 2.05) is 0 Å². The summed E-state index contributed by atoms with van der Waals surface area (Å²) in [7, 11) is -5.28. The lowest BCUT2D eigenvalue weighted by Crippen LogP contribution is -2.62. The van der Waals surface area contributed by atoms with E-state index in [0.717, 1.165) is 0 Å². The van der Waals surface area contributed by atoms with Crippen molar-refractivity contribution < 1.29 is 18.9 Å². The van der Waals surface area contributed by atoms with Crippen molar-refractivity contribution in [2.24, 2.45) is 0 Å². The Balaban J connectivity index is 5.95. The van der Waals surface area contributed by atoms with E-state index in [2.05, 4.69) is 4.52 Å². The van der Waals surface area contributed by atoms with E-state index in [-0.39, 0.29) is 0 Å². The van der Waals surface area contributed by atoms with Crippen molar-refractivity contribution in [2.75, 3.05) is 0 Å². The molecule has 0 fully saturated rings. The largest absolute Gasteiger partial charge is 0.472 e. The molecule has 0 amide bonds. The molecule has 4 nitrogen and oxygen atoms in total. The Morgan fingerprint density at radius 3 is 1.24 bits per heavy atom. The highest BCUT2D eigenvalue weighted by atomic mass is 35.6. The summed E-state index contributed by atoms with van der Waals surface area (Å²) in [4.78, 5) is 17.4. The van der Waals surface area contributed by atoms with Gasteiger partial charge in [0.1, 0.15) is 0 Å². The van der Waals surface area contributed by atoms with Crippen LogP contribution in [0, 0.1) is 0 Å². The number of phosphoric ester groups is 1. The summed E-state index contributed by atoms with van der Waals surface area (Å²) in [5.41, 5.74) is 0. The molecule has 21 heavy (non-hydrogen) atoms. The molecule has 0 spiro atoms. The minimum absolute atomic E-state index is 2.57. The second-order valence-electron chi connectivity index (χ2n) is 3.32. The van der Waals surface area contributed by atoms with Crippen molar-refractivity contribution >= 4 is 135 Å². The first-order valence-corrected chi connectivity index (χ1v) is 9.74. The van der Waals surface area contributed by atoms with Crippen LogP contribution in [0.3, 0.4) is 0 Å². The molecule has 0 saturated carbocycles. The van der Waals surface area contributed by atoms with Gasteiger partial charge in [0.2, 0.25) is 12.5 Å². The predicted octanol–water partition coefficient (Wildman–Crippen LogP) is 6.12. The summed E-state index contributed by atoms with van der Waals surface area (Å²) in [6, 6.07) is 0. The van der Waals surface area contributed by atoms with Crippen LogP contribution in [0.25, 0.3) is 0 Å². The third-order valence-corrected chi connectivity index (χ3v) is 9.15. The third-order valence-electron chi connectivity index (χ3n) is 1.74. The van der Waals surface area contributed by atoms with Gasteiger partial charge in [-0.25, -0.2) is 9.09 Å². The fourth-order valence-corrected chi connectivity index (χ4v) is 4.43. The molecule has 0 heterocycles. The Labute approximate surface area is 174 Å². The van der Waals surface area contributed by atoms with Gasteiger partial charge in [0.25, 0.3) is 4.52 Å². The first kappa shape index (κ1) is 24.3. The van der Waals surface area contributed by atoms with Crippen molar-refractivity contribution in [2.45, 2.75) is 21.3 Å². The van der Waals surface area contributed by atoms with E-state index in [1.54, 1.807) is 0 Å². The zero-order chi connectivity index (χ0) is 17.7. The van der Waals surface area contributed by atoms with Crippen LogP contribution in [-0.2, 0) is 9.09 Å². The van der Waals surface area contributed by atoms with Gasteiger partial charge in [-0.15, -0.1) is 0 Å². The standard InChI is InChI=1S/C5H2Cl11O4P/c6-1(7,2(8,9)4(12,13)14)3(10,11)5(15,16)20-21(17,18)19/h(H2,17,18,19). The monoisotopic (exact) mass is 542 g/mol. The molecular formula is C5H2Cl11O4P. The average Bonchev–Trinajstić information content (AvgIpc) is 2.10. The molecule has 2 N–H and O–H groups in total. The maximum atomic E-state index is 10.8. The van der Waals surface area contributed by atoms with Crippen LogP contribution in [0.1, 0.15) is 0 Å². The fraction of sp³-hybridized carbons (Fsp3) is 1.00. The lowest BCUT2D eigenvalue weighted by Gasteiger charge is -2.47. The number of phosphoric acid groups is 1. The van der Waals surface area contributed by atoms with Gasteiger partial charge in [0, 0.05) is 0 Å². The van der Waals surface area contributed by atoms with Gasteiger partial charge in [-0.3, -0.25) is 0 Å². The second kappa shape index (κ2) is 7.13. The summed E-state index contributed by atoms with van der Waals surface area (Å²) < 4.78 is 0.525. The molecule has 0 radical (unpaired) electrons. The van der Waals surface area contributed by atoms with E-state index < -0.39 is 29.1 Å². The van der Waals surface area contributed by atoms with Gasteiger partial charge in [-0.05, 0) is 0 Å². The number of alkyl halides is 11. The van der Waals surface area contributed by atoms with Crippen LogP contribution >= 0.6 is 135 Å². The Hall–Kier alpha value is 3.30. The summed E-state index contributed by atoms with van der Waals surface area (Å²) >= 11 is 62.1. The molecule has 0 aromatic carbocycles. The average molecular weight is 547 g/mol. The van der Waals surface area contributed by atoms with Crippen LogP contribution < -0.4 is 0 Å². The highest BCUT2D eigenvalue weighted by molar-refractivity contribution is 7.46. The normalized spacial score (nSPS) is 16.2. The van der Waals surface area contributed by atoms with Gasteiger partial charge in [0.05, 0.1) is 0 Å². The molecule has 0 aliphatic heterocycles. The molecule has 0 aromatic rings. The lowest BCUT2D eigenvalue weighted by atomic mass is 10.2. The molecule has 0 rings (SSSR count). The third kappa shape index (κ3) is 5.15. The summed E-state index contributed by atoms with van der Waals surface area (Å²) in [5, 5.41) is 0. The SMILES string of the molecule is O=P(O)(O)OC(Cl)(Cl)C(Cl)(Cl)C(Cl)(Cl)C(Cl)(Cl)C(Cl)(Cl)Cl. The van der Waals surface area contributed by atoms with Crippen LogP contribution in [0.15, 0.2) is 0 Å². The molecule has 128 valence electrons. The van der Waals surface area contributed by atoms with Gasteiger partial charge in [-0.1, -0.05) is 128 Å². The number of hydrogen-bond acceptors (Lipinski definition) is 2. The maximum absolute atomic E-state index is 10.8. The predicted molar refractivity (Wildman–Crippen MR) is 91.2 cm³/mol. The first-order valence-electron chi connectivity index (χ1n) is 4.05. The van der Waals surface area contributed by atoms with Crippen molar-refractivity contribution in [3.8, 4) is 0 Å². The van der Waals surface area contributed by atoms with Gasteiger partial charge < -0.3 is 9.79 Å². The van der Waals surface area contributed by atoms with Crippen LogP contribution in [0.2, 0.25) is 0 Å². The Morgan fingerprint density at radius 2 is 1.00 bits per heavy atom. The molecule has 0 saturated heterocycles. The lowest BCUT2D eigenvalue weighted by molar-refractivity contribution is 0.139. The van der Waals surface area contributed by atoms with Crippen LogP contribution in [0.4, 0.5) is 0 Å².